The fraction of sp³-hybridized carbons (Fsp3) is 0.889. The lowest BCUT2D eigenvalue weighted by Gasteiger charge is -2.17. The lowest BCUT2D eigenvalue weighted by atomic mass is 10.3. The molecule has 0 bridgehead atoms. The predicted octanol–water partition coefficient (Wildman–Crippen LogP) is -2.95. The van der Waals surface area contributed by atoms with Gasteiger partial charge in [0.05, 0.1) is 0 Å². The quantitative estimate of drug-likeness (QED) is 0.421. The third-order valence-electron chi connectivity index (χ3n) is 2.73. The molecule has 0 aromatic carbocycles. The highest BCUT2D eigenvalue weighted by Gasteiger charge is 2.22. The molecule has 0 amide bonds. The maximum absolute atomic E-state index is 8.49. The Balaban J connectivity index is 0.000000195. The van der Waals surface area contributed by atoms with Crippen molar-refractivity contribution in [1.82, 2.24) is 0 Å². The van der Waals surface area contributed by atoms with Crippen molar-refractivity contribution in [2.75, 3.05) is 13.1 Å². The van der Waals surface area contributed by atoms with Crippen molar-refractivity contribution in [3.63, 3.8) is 0 Å². The van der Waals surface area contributed by atoms with Gasteiger partial charge in [-0.05, 0) is 12.8 Å². The normalized spacial score (nSPS) is 21.6. The van der Waals surface area contributed by atoms with Crippen molar-refractivity contribution < 1.29 is 33.5 Å². The smallest absolute Gasteiger partial charge is 0.152 e. The van der Waals surface area contributed by atoms with E-state index in [-0.39, 0.29) is 0 Å². The number of halogens is 1. The van der Waals surface area contributed by atoms with Gasteiger partial charge in [0, 0.05) is 25.7 Å². The minimum atomic E-state index is -4.94. The molecule has 0 N–H and O–H groups in total. The summed E-state index contributed by atoms with van der Waals surface area (Å²) >= 11 is 0. The van der Waals surface area contributed by atoms with Crippen molar-refractivity contribution >= 4 is 5.71 Å². The van der Waals surface area contributed by atoms with Crippen LogP contribution in [-0.4, -0.2) is 23.4 Å². The first kappa shape index (κ1) is 12.9. The number of hydrogen-bond donors (Lipinski definition) is 0. The molecule has 0 atom stereocenters. The molecule has 1 saturated heterocycles. The Morgan fingerprint density at radius 2 is 1.20 bits per heavy atom. The molecular weight excluding hydrogens is 222 g/mol. The number of rotatable bonds is 0. The Morgan fingerprint density at radius 1 is 0.800 bits per heavy atom. The van der Waals surface area contributed by atoms with Gasteiger partial charge < -0.3 is 0 Å². The number of nitrogens with zero attached hydrogens (tertiary/aromatic N) is 1. The fourth-order valence-corrected chi connectivity index (χ4v) is 2.13. The molecular formula is C9H16ClNO4. The molecule has 15 heavy (non-hydrogen) atoms. The topological polar surface area (TPSA) is 95.2 Å². The second kappa shape index (κ2) is 5.77. The molecule has 2 aliphatic rings. The highest BCUT2D eigenvalue weighted by atomic mass is 35.7. The minimum absolute atomic E-state index is 1.36. The van der Waals surface area contributed by atoms with Gasteiger partial charge in [-0.25, -0.2) is 23.2 Å². The van der Waals surface area contributed by atoms with Gasteiger partial charge in [-0.1, -0.05) is 0 Å². The molecule has 5 nitrogen and oxygen atoms in total. The standard InChI is InChI=1S/C9H16N.ClHO4/c1-2-6-9(5-1)10-7-3-4-8-10;2-1(3,4)5/h1-8H2;(H,2,3,4,5)/q+1;/p-1. The summed E-state index contributed by atoms with van der Waals surface area (Å²) in [5, 5.41) is 0. The van der Waals surface area contributed by atoms with Gasteiger partial charge in [0.15, 0.2) is 5.71 Å². The summed E-state index contributed by atoms with van der Waals surface area (Å²) in [4.78, 5) is 0. The fourth-order valence-electron chi connectivity index (χ4n) is 2.13. The van der Waals surface area contributed by atoms with E-state index in [1.54, 1.807) is 5.71 Å². The van der Waals surface area contributed by atoms with Gasteiger partial charge in [0.2, 0.25) is 0 Å². The zero-order valence-corrected chi connectivity index (χ0v) is 9.37. The van der Waals surface area contributed by atoms with Crippen LogP contribution in [0.5, 0.6) is 0 Å². The third kappa shape index (κ3) is 6.06. The summed E-state index contributed by atoms with van der Waals surface area (Å²) in [6.07, 6.45) is 8.57. The van der Waals surface area contributed by atoms with Crippen LogP contribution in [0.25, 0.3) is 0 Å². The first-order chi connectivity index (χ1) is 6.97. The molecule has 0 aromatic heterocycles. The molecule has 1 saturated carbocycles. The second-order valence-corrected chi connectivity index (χ2v) is 4.60. The molecule has 2 rings (SSSR count). The van der Waals surface area contributed by atoms with Gasteiger partial charge >= 0.3 is 0 Å². The van der Waals surface area contributed by atoms with E-state index >= 15 is 0 Å². The van der Waals surface area contributed by atoms with Crippen molar-refractivity contribution in [2.24, 2.45) is 0 Å². The van der Waals surface area contributed by atoms with Crippen LogP contribution in [0.15, 0.2) is 0 Å². The molecule has 1 aliphatic carbocycles. The average Bonchev–Trinajstić information content (AvgIpc) is 2.73. The van der Waals surface area contributed by atoms with Crippen molar-refractivity contribution in [3.05, 3.63) is 0 Å². The summed E-state index contributed by atoms with van der Waals surface area (Å²) in [6.45, 7) is 2.71. The van der Waals surface area contributed by atoms with Crippen molar-refractivity contribution in [1.29, 1.82) is 0 Å². The average molecular weight is 238 g/mol. The van der Waals surface area contributed by atoms with Crippen LogP contribution in [0.2, 0.25) is 0 Å². The van der Waals surface area contributed by atoms with Crippen LogP contribution in [0.1, 0.15) is 38.5 Å². The van der Waals surface area contributed by atoms with Gasteiger partial charge in [-0.2, -0.15) is 0 Å². The molecule has 0 unspecified atom stereocenters. The number of hydrogen-bond acceptors (Lipinski definition) is 4. The predicted molar refractivity (Wildman–Crippen MR) is 42.7 cm³/mol. The third-order valence-corrected chi connectivity index (χ3v) is 2.73. The highest BCUT2D eigenvalue weighted by molar-refractivity contribution is 5.81. The summed E-state index contributed by atoms with van der Waals surface area (Å²) in [6, 6.07) is 0. The lowest BCUT2D eigenvalue weighted by molar-refractivity contribution is -2.00. The van der Waals surface area contributed by atoms with E-state index in [9.17, 15) is 0 Å². The van der Waals surface area contributed by atoms with Crippen LogP contribution in [-0.2, 0) is 0 Å². The zero-order valence-electron chi connectivity index (χ0n) is 8.62. The Bertz CT molecular complexity index is 197. The van der Waals surface area contributed by atoms with Crippen LogP contribution in [0.4, 0.5) is 0 Å². The highest BCUT2D eigenvalue weighted by Crippen LogP contribution is 2.16. The summed E-state index contributed by atoms with van der Waals surface area (Å²) in [7, 11) is -4.94. The molecule has 6 heteroatoms. The minimum Gasteiger partial charge on any atom is -0.237 e. The first-order valence-electron chi connectivity index (χ1n) is 5.18. The summed E-state index contributed by atoms with van der Waals surface area (Å²) in [5.74, 6) is 0. The van der Waals surface area contributed by atoms with Crippen LogP contribution in [0.3, 0.4) is 0 Å². The Morgan fingerprint density at radius 3 is 1.60 bits per heavy atom. The van der Waals surface area contributed by atoms with E-state index in [4.69, 9.17) is 18.6 Å². The van der Waals surface area contributed by atoms with Gasteiger partial charge in [0.1, 0.15) is 13.1 Å². The van der Waals surface area contributed by atoms with E-state index < -0.39 is 10.2 Å². The zero-order chi connectivity index (χ0) is 11.3. The molecule has 0 spiro atoms. The van der Waals surface area contributed by atoms with Crippen LogP contribution in [0, 0.1) is 10.2 Å². The largest absolute Gasteiger partial charge is 0.237 e. The van der Waals surface area contributed by atoms with Gasteiger partial charge in [0.25, 0.3) is 0 Å². The Hall–Kier alpha value is -0.200. The van der Waals surface area contributed by atoms with E-state index in [2.05, 4.69) is 4.58 Å². The van der Waals surface area contributed by atoms with E-state index in [0.717, 1.165) is 0 Å². The summed E-state index contributed by atoms with van der Waals surface area (Å²) in [5.41, 5.74) is 1.76. The van der Waals surface area contributed by atoms with Crippen molar-refractivity contribution in [3.8, 4) is 0 Å². The van der Waals surface area contributed by atoms with E-state index in [0.29, 0.717) is 0 Å². The van der Waals surface area contributed by atoms with Crippen LogP contribution >= 0.6 is 0 Å². The van der Waals surface area contributed by atoms with E-state index in [1.165, 1.54) is 51.6 Å². The van der Waals surface area contributed by atoms with Crippen LogP contribution < -0.4 is 18.6 Å². The van der Waals surface area contributed by atoms with E-state index in [1.807, 2.05) is 0 Å². The summed E-state index contributed by atoms with van der Waals surface area (Å²) < 4.78 is 36.6. The molecule has 2 fully saturated rings. The monoisotopic (exact) mass is 237 g/mol. The SMILES string of the molecule is C1CCC(=[N+]2CCCC2)C1.[O-][Cl+3]([O-])([O-])[O-]. The van der Waals surface area contributed by atoms with Gasteiger partial charge in [-0.3, -0.25) is 0 Å². The van der Waals surface area contributed by atoms with Crippen molar-refractivity contribution in [2.45, 2.75) is 38.5 Å². The van der Waals surface area contributed by atoms with Gasteiger partial charge in [-0.15, -0.1) is 10.2 Å². The molecule has 1 aliphatic heterocycles. The molecule has 0 radical (unpaired) electrons. The first-order valence-corrected chi connectivity index (χ1v) is 6.41. The molecule has 0 aromatic rings. The Kier molecular flexibility index (Phi) is 4.95. The second-order valence-electron chi connectivity index (χ2n) is 3.85. The maximum atomic E-state index is 8.49. The maximum Gasteiger partial charge on any atom is 0.152 e. The Labute approximate surface area is 91.4 Å². The molecule has 88 valence electrons. The lowest BCUT2D eigenvalue weighted by Crippen LogP contribution is -2.68. The molecule has 1 heterocycles.